The molecule has 1 saturated heterocycles. The van der Waals surface area contributed by atoms with E-state index in [9.17, 15) is 9.59 Å². The minimum Gasteiger partial charge on any atom is -0.450 e. The van der Waals surface area contributed by atoms with E-state index in [4.69, 9.17) is 4.74 Å². The number of carbonyl (C=O) groups is 2. The molecule has 2 amide bonds. The minimum atomic E-state index is -0.305. The van der Waals surface area contributed by atoms with Crippen molar-refractivity contribution < 1.29 is 14.3 Å². The van der Waals surface area contributed by atoms with E-state index in [1.807, 2.05) is 35.2 Å². The zero-order valence-electron chi connectivity index (χ0n) is 14.7. The summed E-state index contributed by atoms with van der Waals surface area (Å²) in [6.07, 6.45) is 2.30. The molecule has 0 aliphatic carbocycles. The highest BCUT2D eigenvalue weighted by Crippen LogP contribution is 2.21. The first-order valence-corrected chi connectivity index (χ1v) is 8.90. The van der Waals surface area contributed by atoms with Crippen LogP contribution in [0.3, 0.4) is 0 Å². The molecule has 1 unspecified atom stereocenters. The molecular formula is C19H28N2O3. The minimum absolute atomic E-state index is 0.126. The second-order valence-electron chi connectivity index (χ2n) is 6.23. The van der Waals surface area contributed by atoms with Gasteiger partial charge in [-0.15, -0.1) is 0 Å². The second kappa shape index (κ2) is 9.30. The van der Waals surface area contributed by atoms with E-state index < -0.39 is 0 Å². The Kier molecular flexibility index (Phi) is 7.09. The van der Waals surface area contributed by atoms with Gasteiger partial charge in [-0.25, -0.2) is 4.79 Å². The molecule has 2 rings (SSSR count). The topological polar surface area (TPSA) is 49.9 Å². The SMILES string of the molecule is CCCN(Cc1ccccc1)C(=O)C1CCCN(C(=O)OCC)C1. The summed E-state index contributed by atoms with van der Waals surface area (Å²) >= 11 is 0. The molecule has 0 aromatic heterocycles. The molecule has 0 bridgehead atoms. The van der Waals surface area contributed by atoms with Crippen molar-refractivity contribution >= 4 is 12.0 Å². The van der Waals surface area contributed by atoms with Crippen LogP contribution in [0.5, 0.6) is 0 Å². The molecule has 1 aliphatic rings. The number of hydrogen-bond acceptors (Lipinski definition) is 3. The largest absolute Gasteiger partial charge is 0.450 e. The number of piperidine rings is 1. The van der Waals surface area contributed by atoms with Crippen LogP contribution in [-0.4, -0.2) is 48.0 Å². The molecule has 132 valence electrons. The lowest BCUT2D eigenvalue weighted by Gasteiger charge is -2.34. The number of rotatable bonds is 6. The Hall–Kier alpha value is -2.04. The number of hydrogen-bond donors (Lipinski definition) is 0. The lowest BCUT2D eigenvalue weighted by Crippen LogP contribution is -2.47. The van der Waals surface area contributed by atoms with Crippen molar-refractivity contribution in [3.8, 4) is 0 Å². The van der Waals surface area contributed by atoms with Gasteiger partial charge in [0, 0.05) is 26.2 Å². The van der Waals surface area contributed by atoms with Crippen molar-refractivity contribution in [1.82, 2.24) is 9.80 Å². The van der Waals surface area contributed by atoms with Gasteiger partial charge in [0.2, 0.25) is 5.91 Å². The van der Waals surface area contributed by atoms with Gasteiger partial charge in [0.25, 0.3) is 0 Å². The number of likely N-dealkylation sites (tertiary alicyclic amines) is 1. The third-order valence-corrected chi connectivity index (χ3v) is 4.32. The van der Waals surface area contributed by atoms with E-state index in [1.54, 1.807) is 11.8 Å². The quantitative estimate of drug-likeness (QED) is 0.803. The molecule has 0 radical (unpaired) electrons. The number of amides is 2. The molecular weight excluding hydrogens is 304 g/mol. The molecule has 24 heavy (non-hydrogen) atoms. The standard InChI is InChI=1S/C19H28N2O3/c1-3-12-20(14-16-9-6-5-7-10-16)18(22)17-11-8-13-21(15-17)19(23)24-4-2/h5-7,9-10,17H,3-4,8,11-15H2,1-2H3. The van der Waals surface area contributed by atoms with E-state index in [2.05, 4.69) is 6.92 Å². The maximum atomic E-state index is 13.0. The fraction of sp³-hybridized carbons (Fsp3) is 0.579. The Bertz CT molecular complexity index is 533. The summed E-state index contributed by atoms with van der Waals surface area (Å²) in [4.78, 5) is 28.5. The summed E-state index contributed by atoms with van der Waals surface area (Å²) in [7, 11) is 0. The van der Waals surface area contributed by atoms with Gasteiger partial charge in [-0.3, -0.25) is 4.79 Å². The lowest BCUT2D eigenvalue weighted by molar-refractivity contribution is -0.137. The van der Waals surface area contributed by atoms with Crippen LogP contribution in [0.25, 0.3) is 0 Å². The second-order valence-corrected chi connectivity index (χ2v) is 6.23. The van der Waals surface area contributed by atoms with Crippen LogP contribution in [0.2, 0.25) is 0 Å². The first kappa shape index (κ1) is 18.3. The molecule has 1 aromatic carbocycles. The Morgan fingerprint density at radius 1 is 1.25 bits per heavy atom. The fourth-order valence-electron chi connectivity index (χ4n) is 3.16. The molecule has 1 heterocycles. The van der Waals surface area contributed by atoms with Gasteiger partial charge >= 0.3 is 6.09 Å². The van der Waals surface area contributed by atoms with Crippen molar-refractivity contribution in [3.05, 3.63) is 35.9 Å². The first-order valence-electron chi connectivity index (χ1n) is 8.90. The molecule has 1 atom stereocenters. The number of benzene rings is 1. The van der Waals surface area contributed by atoms with Crippen LogP contribution in [-0.2, 0) is 16.1 Å². The zero-order valence-corrected chi connectivity index (χ0v) is 14.7. The maximum absolute atomic E-state index is 13.0. The summed E-state index contributed by atoms with van der Waals surface area (Å²) in [5.41, 5.74) is 1.14. The van der Waals surface area contributed by atoms with Gasteiger partial charge < -0.3 is 14.5 Å². The smallest absolute Gasteiger partial charge is 0.409 e. The average molecular weight is 332 g/mol. The summed E-state index contributed by atoms with van der Waals surface area (Å²) in [5.74, 6) is 0.0214. The molecule has 0 saturated carbocycles. The molecule has 1 aromatic rings. The van der Waals surface area contributed by atoms with Crippen LogP contribution in [0.15, 0.2) is 30.3 Å². The van der Waals surface area contributed by atoms with Gasteiger partial charge in [-0.05, 0) is 31.7 Å². The predicted molar refractivity (Wildman–Crippen MR) is 93.5 cm³/mol. The number of nitrogens with zero attached hydrogens (tertiary/aromatic N) is 2. The van der Waals surface area contributed by atoms with Crippen LogP contribution >= 0.6 is 0 Å². The van der Waals surface area contributed by atoms with Crippen molar-refractivity contribution in [2.24, 2.45) is 5.92 Å². The highest BCUT2D eigenvalue weighted by molar-refractivity contribution is 5.80. The summed E-state index contributed by atoms with van der Waals surface area (Å²) in [6.45, 7) is 6.75. The molecule has 0 spiro atoms. The van der Waals surface area contributed by atoms with Crippen molar-refractivity contribution in [2.45, 2.75) is 39.7 Å². The monoisotopic (exact) mass is 332 g/mol. The molecule has 1 aliphatic heterocycles. The highest BCUT2D eigenvalue weighted by atomic mass is 16.6. The highest BCUT2D eigenvalue weighted by Gasteiger charge is 2.31. The Morgan fingerprint density at radius 2 is 2.00 bits per heavy atom. The van der Waals surface area contributed by atoms with E-state index in [1.165, 1.54) is 0 Å². The molecule has 5 nitrogen and oxygen atoms in total. The van der Waals surface area contributed by atoms with E-state index in [0.29, 0.717) is 26.2 Å². The lowest BCUT2D eigenvalue weighted by atomic mass is 9.96. The van der Waals surface area contributed by atoms with E-state index in [-0.39, 0.29) is 17.9 Å². The van der Waals surface area contributed by atoms with Gasteiger partial charge in [-0.2, -0.15) is 0 Å². The molecule has 1 fully saturated rings. The third-order valence-electron chi connectivity index (χ3n) is 4.32. The third kappa shape index (κ3) is 4.98. The molecule has 5 heteroatoms. The normalized spacial score (nSPS) is 17.4. The van der Waals surface area contributed by atoms with Gasteiger partial charge in [0.1, 0.15) is 0 Å². The Labute approximate surface area is 144 Å². The fourth-order valence-corrected chi connectivity index (χ4v) is 3.16. The van der Waals surface area contributed by atoms with Crippen molar-refractivity contribution in [1.29, 1.82) is 0 Å². The number of carbonyl (C=O) groups excluding carboxylic acids is 2. The maximum Gasteiger partial charge on any atom is 0.409 e. The Balaban J connectivity index is 2.01. The van der Waals surface area contributed by atoms with Crippen LogP contribution in [0, 0.1) is 5.92 Å². The van der Waals surface area contributed by atoms with Crippen molar-refractivity contribution in [2.75, 3.05) is 26.2 Å². The van der Waals surface area contributed by atoms with Crippen LogP contribution < -0.4 is 0 Å². The summed E-state index contributed by atoms with van der Waals surface area (Å²) in [5, 5.41) is 0. The first-order chi connectivity index (χ1) is 11.7. The van der Waals surface area contributed by atoms with E-state index in [0.717, 1.165) is 31.4 Å². The van der Waals surface area contributed by atoms with Crippen LogP contribution in [0.1, 0.15) is 38.7 Å². The van der Waals surface area contributed by atoms with Crippen LogP contribution in [0.4, 0.5) is 4.79 Å². The van der Waals surface area contributed by atoms with Gasteiger partial charge in [0.15, 0.2) is 0 Å². The predicted octanol–water partition coefficient (Wildman–Crippen LogP) is 3.29. The summed E-state index contributed by atoms with van der Waals surface area (Å²) < 4.78 is 5.08. The Morgan fingerprint density at radius 3 is 2.67 bits per heavy atom. The van der Waals surface area contributed by atoms with Crippen molar-refractivity contribution in [3.63, 3.8) is 0 Å². The number of ether oxygens (including phenoxy) is 1. The van der Waals surface area contributed by atoms with E-state index >= 15 is 0 Å². The average Bonchev–Trinajstić information content (AvgIpc) is 2.62. The molecule has 0 N–H and O–H groups in total. The van der Waals surface area contributed by atoms with Gasteiger partial charge in [0.05, 0.1) is 12.5 Å². The summed E-state index contributed by atoms with van der Waals surface area (Å²) in [6, 6.07) is 10.1. The van der Waals surface area contributed by atoms with Gasteiger partial charge in [-0.1, -0.05) is 37.3 Å². The zero-order chi connectivity index (χ0) is 17.4.